The molecule has 0 fully saturated rings. The Balaban J connectivity index is 1.80. The Morgan fingerprint density at radius 3 is 3.17 bits per heavy atom. The molecule has 1 atom stereocenters. The largest absolute Gasteiger partial charge is 0.485 e. The standard InChI is InChI=1S/C14H16N2O2/c1-16-8-7-15-14(16)9-18-13-4-2-3-10-11(13)5-6-12(10)17/h2-4,7-8,12,17H,5-6,9H2,1H3. The van der Waals surface area contributed by atoms with Gasteiger partial charge in [0, 0.05) is 25.0 Å². The molecule has 2 aromatic rings. The van der Waals surface area contributed by atoms with E-state index in [9.17, 15) is 5.11 Å². The average Bonchev–Trinajstić information content (AvgIpc) is 2.95. The fourth-order valence-electron chi connectivity index (χ4n) is 2.41. The van der Waals surface area contributed by atoms with Gasteiger partial charge in [-0.3, -0.25) is 0 Å². The third-order valence-corrected chi connectivity index (χ3v) is 3.47. The maximum absolute atomic E-state index is 9.83. The minimum Gasteiger partial charge on any atom is -0.485 e. The minimum atomic E-state index is -0.336. The molecule has 1 aromatic carbocycles. The lowest BCUT2D eigenvalue weighted by Gasteiger charge is -2.11. The smallest absolute Gasteiger partial charge is 0.146 e. The van der Waals surface area contributed by atoms with Crippen LogP contribution in [0.2, 0.25) is 0 Å². The van der Waals surface area contributed by atoms with E-state index in [0.717, 1.165) is 35.5 Å². The second-order valence-corrected chi connectivity index (χ2v) is 4.62. The van der Waals surface area contributed by atoms with Gasteiger partial charge in [-0.25, -0.2) is 4.98 Å². The van der Waals surface area contributed by atoms with Crippen LogP contribution >= 0.6 is 0 Å². The van der Waals surface area contributed by atoms with Crippen LogP contribution in [0, 0.1) is 0 Å². The van der Waals surface area contributed by atoms with Crippen LogP contribution in [0.4, 0.5) is 0 Å². The first-order valence-electron chi connectivity index (χ1n) is 6.14. The fourth-order valence-corrected chi connectivity index (χ4v) is 2.41. The molecule has 0 aliphatic heterocycles. The molecule has 3 rings (SSSR count). The van der Waals surface area contributed by atoms with Crippen LogP contribution in [0.25, 0.3) is 0 Å². The highest BCUT2D eigenvalue weighted by atomic mass is 16.5. The predicted octanol–water partition coefficient (Wildman–Crippen LogP) is 1.98. The Morgan fingerprint density at radius 1 is 1.50 bits per heavy atom. The van der Waals surface area contributed by atoms with Crippen molar-refractivity contribution in [3.63, 3.8) is 0 Å². The summed E-state index contributed by atoms with van der Waals surface area (Å²) in [6.07, 6.45) is 5.00. The van der Waals surface area contributed by atoms with Crippen LogP contribution < -0.4 is 4.74 Å². The van der Waals surface area contributed by atoms with Crippen LogP contribution in [-0.2, 0) is 20.1 Å². The summed E-state index contributed by atoms with van der Waals surface area (Å²) in [6.45, 7) is 0.454. The third-order valence-electron chi connectivity index (χ3n) is 3.47. The monoisotopic (exact) mass is 244 g/mol. The number of hydrogen-bond donors (Lipinski definition) is 1. The van der Waals surface area contributed by atoms with E-state index < -0.39 is 0 Å². The Hall–Kier alpha value is -1.81. The van der Waals surface area contributed by atoms with Crippen LogP contribution in [-0.4, -0.2) is 14.7 Å². The molecule has 0 saturated heterocycles. The topological polar surface area (TPSA) is 47.3 Å². The van der Waals surface area contributed by atoms with E-state index in [1.54, 1.807) is 6.20 Å². The highest BCUT2D eigenvalue weighted by Gasteiger charge is 2.23. The summed E-state index contributed by atoms with van der Waals surface area (Å²) in [4.78, 5) is 4.23. The summed E-state index contributed by atoms with van der Waals surface area (Å²) < 4.78 is 7.77. The highest BCUT2D eigenvalue weighted by molar-refractivity contribution is 5.44. The zero-order valence-corrected chi connectivity index (χ0v) is 10.3. The maximum atomic E-state index is 9.83. The Kier molecular flexibility index (Phi) is 2.80. The first-order chi connectivity index (χ1) is 8.75. The molecule has 0 spiro atoms. The van der Waals surface area contributed by atoms with Gasteiger partial charge in [-0.05, 0) is 24.5 Å². The van der Waals surface area contributed by atoms with E-state index in [0.29, 0.717) is 6.61 Å². The van der Waals surface area contributed by atoms with Crippen molar-refractivity contribution in [3.8, 4) is 5.75 Å². The van der Waals surface area contributed by atoms with Gasteiger partial charge in [-0.15, -0.1) is 0 Å². The van der Waals surface area contributed by atoms with Crippen LogP contribution in [0.5, 0.6) is 5.75 Å². The molecule has 4 heteroatoms. The number of ether oxygens (including phenoxy) is 1. The second kappa shape index (κ2) is 4.46. The summed E-state index contributed by atoms with van der Waals surface area (Å²) in [7, 11) is 1.95. The molecule has 1 aromatic heterocycles. The summed E-state index contributed by atoms with van der Waals surface area (Å²) in [5.41, 5.74) is 2.14. The van der Waals surface area contributed by atoms with Crippen molar-refractivity contribution in [3.05, 3.63) is 47.5 Å². The molecule has 18 heavy (non-hydrogen) atoms. The van der Waals surface area contributed by atoms with E-state index >= 15 is 0 Å². The number of fused-ring (bicyclic) bond motifs is 1. The van der Waals surface area contributed by atoms with E-state index in [1.165, 1.54) is 0 Å². The Morgan fingerprint density at radius 2 is 2.39 bits per heavy atom. The number of aliphatic hydroxyl groups excluding tert-OH is 1. The van der Waals surface area contributed by atoms with Crippen molar-refractivity contribution < 1.29 is 9.84 Å². The third kappa shape index (κ3) is 1.88. The van der Waals surface area contributed by atoms with Crippen molar-refractivity contribution in [2.45, 2.75) is 25.6 Å². The van der Waals surface area contributed by atoms with Crippen LogP contribution in [0.3, 0.4) is 0 Å². The summed E-state index contributed by atoms with van der Waals surface area (Å²) in [5, 5.41) is 9.83. The number of aliphatic hydroxyl groups is 1. The molecule has 0 amide bonds. The summed E-state index contributed by atoms with van der Waals surface area (Å²) in [5.74, 6) is 1.76. The summed E-state index contributed by atoms with van der Waals surface area (Å²) >= 11 is 0. The van der Waals surface area contributed by atoms with Crippen LogP contribution in [0.1, 0.15) is 29.5 Å². The fraction of sp³-hybridized carbons (Fsp3) is 0.357. The summed E-state index contributed by atoms with van der Waals surface area (Å²) in [6, 6.07) is 5.86. The average molecular weight is 244 g/mol. The molecule has 1 unspecified atom stereocenters. The van der Waals surface area contributed by atoms with Crippen molar-refractivity contribution in [2.75, 3.05) is 0 Å². The van der Waals surface area contributed by atoms with Gasteiger partial charge in [-0.1, -0.05) is 12.1 Å². The molecular weight excluding hydrogens is 228 g/mol. The van der Waals surface area contributed by atoms with Crippen molar-refractivity contribution in [2.24, 2.45) is 7.05 Å². The number of aromatic nitrogens is 2. The minimum absolute atomic E-state index is 0.336. The van der Waals surface area contributed by atoms with Crippen LogP contribution in [0.15, 0.2) is 30.6 Å². The number of hydrogen-bond acceptors (Lipinski definition) is 3. The zero-order chi connectivity index (χ0) is 12.5. The molecule has 1 aliphatic rings. The predicted molar refractivity (Wildman–Crippen MR) is 67.3 cm³/mol. The molecule has 1 N–H and O–H groups in total. The van der Waals surface area contributed by atoms with E-state index in [4.69, 9.17) is 4.74 Å². The SMILES string of the molecule is Cn1ccnc1COc1cccc2c1CCC2O. The number of rotatable bonds is 3. The molecule has 1 heterocycles. The van der Waals surface area contributed by atoms with Crippen molar-refractivity contribution in [1.29, 1.82) is 0 Å². The Bertz CT molecular complexity index is 563. The maximum Gasteiger partial charge on any atom is 0.146 e. The lowest BCUT2D eigenvalue weighted by Crippen LogP contribution is -2.04. The normalized spacial score (nSPS) is 17.8. The van der Waals surface area contributed by atoms with Gasteiger partial charge in [0.25, 0.3) is 0 Å². The van der Waals surface area contributed by atoms with E-state index in [2.05, 4.69) is 4.98 Å². The van der Waals surface area contributed by atoms with Crippen molar-refractivity contribution in [1.82, 2.24) is 9.55 Å². The van der Waals surface area contributed by atoms with Gasteiger partial charge in [-0.2, -0.15) is 0 Å². The number of benzene rings is 1. The van der Waals surface area contributed by atoms with Gasteiger partial charge in [0.2, 0.25) is 0 Å². The van der Waals surface area contributed by atoms with Gasteiger partial charge in [0.1, 0.15) is 18.2 Å². The highest BCUT2D eigenvalue weighted by Crippen LogP contribution is 2.36. The van der Waals surface area contributed by atoms with E-state index in [1.807, 2.05) is 36.0 Å². The number of nitrogens with zero attached hydrogens (tertiary/aromatic N) is 2. The molecule has 0 radical (unpaired) electrons. The second-order valence-electron chi connectivity index (χ2n) is 4.62. The van der Waals surface area contributed by atoms with Gasteiger partial charge >= 0.3 is 0 Å². The van der Waals surface area contributed by atoms with Crippen molar-refractivity contribution >= 4 is 0 Å². The molecule has 94 valence electrons. The van der Waals surface area contributed by atoms with Gasteiger partial charge in [0.15, 0.2) is 0 Å². The molecule has 4 nitrogen and oxygen atoms in total. The number of imidazole rings is 1. The van der Waals surface area contributed by atoms with Gasteiger partial charge in [0.05, 0.1) is 6.10 Å². The molecule has 0 bridgehead atoms. The Labute approximate surface area is 106 Å². The molecule has 1 aliphatic carbocycles. The lowest BCUT2D eigenvalue weighted by molar-refractivity contribution is 0.180. The molecular formula is C14H16N2O2. The quantitative estimate of drug-likeness (QED) is 0.898. The first kappa shape index (κ1) is 11.3. The zero-order valence-electron chi connectivity index (χ0n) is 10.3. The van der Waals surface area contributed by atoms with Gasteiger partial charge < -0.3 is 14.4 Å². The lowest BCUT2D eigenvalue weighted by atomic mass is 10.1. The first-order valence-corrected chi connectivity index (χ1v) is 6.14. The number of aryl methyl sites for hydroxylation is 1. The van der Waals surface area contributed by atoms with E-state index in [-0.39, 0.29) is 6.10 Å². The molecule has 0 saturated carbocycles.